The lowest BCUT2D eigenvalue weighted by atomic mass is 10.1. The zero-order valence-electron chi connectivity index (χ0n) is 11.3. The average molecular weight is 275 g/mol. The summed E-state index contributed by atoms with van der Waals surface area (Å²) in [6, 6.07) is 6.22. The van der Waals surface area contributed by atoms with Crippen molar-refractivity contribution in [1.82, 2.24) is 10.2 Å². The third kappa shape index (κ3) is 2.38. The van der Waals surface area contributed by atoms with E-state index in [4.69, 9.17) is 0 Å². The molecule has 2 atom stereocenters. The van der Waals surface area contributed by atoms with Crippen LogP contribution in [0.15, 0.2) is 24.3 Å². The van der Waals surface area contributed by atoms with Gasteiger partial charge in [0.05, 0.1) is 11.0 Å². The monoisotopic (exact) mass is 275 g/mol. The Labute approximate surface area is 116 Å². The van der Waals surface area contributed by atoms with Gasteiger partial charge in [-0.15, -0.1) is 0 Å². The first-order valence-corrected chi connectivity index (χ1v) is 6.87. The predicted octanol–water partition coefficient (Wildman–Crippen LogP) is 1.82. The molecule has 2 aliphatic rings. The average Bonchev–Trinajstić information content (AvgIpc) is 3.21. The summed E-state index contributed by atoms with van der Waals surface area (Å²) in [6.07, 6.45) is 2.20. The van der Waals surface area contributed by atoms with Crippen molar-refractivity contribution < 1.29 is 9.72 Å². The van der Waals surface area contributed by atoms with Crippen molar-refractivity contribution in [1.29, 1.82) is 0 Å². The van der Waals surface area contributed by atoms with Gasteiger partial charge in [-0.25, -0.2) is 0 Å². The molecular formula is C14H17N3O3. The Balaban J connectivity index is 1.82. The minimum atomic E-state index is -0.415. The van der Waals surface area contributed by atoms with Crippen LogP contribution in [0, 0.1) is 16.0 Å². The van der Waals surface area contributed by atoms with E-state index in [0.29, 0.717) is 5.92 Å². The van der Waals surface area contributed by atoms with Gasteiger partial charge in [-0.2, -0.15) is 0 Å². The fourth-order valence-electron chi connectivity index (χ4n) is 2.60. The minimum absolute atomic E-state index is 0.0693. The van der Waals surface area contributed by atoms with Crippen LogP contribution in [0.2, 0.25) is 0 Å². The number of rotatable bonds is 4. The number of hydrogen-bond donors (Lipinski definition) is 1. The first-order chi connectivity index (χ1) is 9.56. The number of hydrogen-bond acceptors (Lipinski definition) is 4. The molecule has 6 heteroatoms. The van der Waals surface area contributed by atoms with E-state index >= 15 is 0 Å². The fraction of sp³-hybridized carbons (Fsp3) is 0.500. The summed E-state index contributed by atoms with van der Waals surface area (Å²) in [5, 5.41) is 13.9. The fourth-order valence-corrected chi connectivity index (χ4v) is 2.60. The van der Waals surface area contributed by atoms with Gasteiger partial charge in [0.1, 0.15) is 6.17 Å². The molecule has 1 heterocycles. The maximum Gasteiger partial charge on any atom is 0.269 e. The van der Waals surface area contributed by atoms with E-state index in [0.717, 1.165) is 12.1 Å². The third-order valence-corrected chi connectivity index (χ3v) is 3.94. The van der Waals surface area contributed by atoms with Crippen LogP contribution in [0.25, 0.3) is 0 Å². The maximum absolute atomic E-state index is 12.2. The molecule has 1 aliphatic heterocycles. The third-order valence-electron chi connectivity index (χ3n) is 3.94. The summed E-state index contributed by atoms with van der Waals surface area (Å²) in [6.45, 7) is 2.63. The summed E-state index contributed by atoms with van der Waals surface area (Å²) < 4.78 is 0. The Bertz CT molecular complexity index is 539. The molecule has 1 aliphatic carbocycles. The molecular weight excluding hydrogens is 258 g/mol. The zero-order chi connectivity index (χ0) is 14.3. The van der Waals surface area contributed by atoms with E-state index in [9.17, 15) is 14.9 Å². The van der Waals surface area contributed by atoms with Gasteiger partial charge >= 0.3 is 0 Å². The molecule has 2 fully saturated rings. The van der Waals surface area contributed by atoms with Gasteiger partial charge in [-0.3, -0.25) is 20.2 Å². The summed E-state index contributed by atoms with van der Waals surface area (Å²) in [5.41, 5.74) is 0.966. The van der Waals surface area contributed by atoms with Gasteiger partial charge in [0.2, 0.25) is 5.91 Å². The van der Waals surface area contributed by atoms with Crippen LogP contribution in [0.4, 0.5) is 5.69 Å². The van der Waals surface area contributed by atoms with E-state index in [1.807, 2.05) is 11.8 Å². The zero-order valence-corrected chi connectivity index (χ0v) is 11.3. The molecule has 1 N–H and O–H groups in total. The van der Waals surface area contributed by atoms with Crippen LogP contribution >= 0.6 is 0 Å². The molecule has 0 bridgehead atoms. The SMILES string of the molecule is CC1NC(c2ccc([N+](=O)[O-])cc2)N(CC2CC2)C1=O. The van der Waals surface area contributed by atoms with Crippen LogP contribution in [0.1, 0.15) is 31.5 Å². The highest BCUT2D eigenvalue weighted by Crippen LogP contribution is 2.34. The van der Waals surface area contributed by atoms with Crippen LogP contribution < -0.4 is 5.32 Å². The number of nitrogens with one attached hydrogen (secondary N) is 1. The van der Waals surface area contributed by atoms with Crippen LogP contribution in [-0.2, 0) is 4.79 Å². The molecule has 1 amide bonds. The summed E-state index contributed by atoms with van der Waals surface area (Å²) in [7, 11) is 0. The molecule has 3 rings (SSSR count). The smallest absolute Gasteiger partial charge is 0.269 e. The number of carbonyl (C=O) groups excluding carboxylic acids is 1. The Kier molecular flexibility index (Phi) is 3.17. The first-order valence-electron chi connectivity index (χ1n) is 6.87. The van der Waals surface area contributed by atoms with Crippen molar-refractivity contribution in [2.24, 2.45) is 5.92 Å². The van der Waals surface area contributed by atoms with E-state index in [2.05, 4.69) is 5.32 Å². The number of nitro benzene ring substituents is 1. The summed E-state index contributed by atoms with van der Waals surface area (Å²) in [4.78, 5) is 24.3. The minimum Gasteiger partial charge on any atom is -0.321 e. The molecule has 1 saturated heterocycles. The molecule has 0 radical (unpaired) electrons. The summed E-state index contributed by atoms with van der Waals surface area (Å²) in [5.74, 6) is 0.729. The number of nitrogens with zero attached hydrogens (tertiary/aromatic N) is 2. The van der Waals surface area contributed by atoms with Crippen LogP contribution in [0.5, 0.6) is 0 Å². The molecule has 0 aromatic heterocycles. The molecule has 106 valence electrons. The molecule has 1 aromatic carbocycles. The molecule has 6 nitrogen and oxygen atoms in total. The number of nitro groups is 1. The molecule has 1 aromatic rings. The molecule has 20 heavy (non-hydrogen) atoms. The van der Waals surface area contributed by atoms with Crippen molar-refractivity contribution in [3.63, 3.8) is 0 Å². The second kappa shape index (κ2) is 4.86. The van der Waals surface area contributed by atoms with Gasteiger partial charge in [0.15, 0.2) is 0 Å². The Hall–Kier alpha value is -1.95. The second-order valence-electron chi connectivity index (χ2n) is 5.57. The Morgan fingerprint density at radius 3 is 2.55 bits per heavy atom. The first kappa shape index (κ1) is 13.1. The quantitative estimate of drug-likeness (QED) is 0.672. The van der Waals surface area contributed by atoms with E-state index in [1.165, 1.54) is 25.0 Å². The number of non-ortho nitro benzene ring substituents is 1. The standard InChI is InChI=1S/C14H17N3O3/c1-9-14(18)16(8-10-2-3-10)13(15-9)11-4-6-12(7-5-11)17(19)20/h4-7,9-10,13,15H,2-3,8H2,1H3. The van der Waals surface area contributed by atoms with Crippen molar-refractivity contribution in [2.45, 2.75) is 32.0 Å². The molecule has 0 spiro atoms. The van der Waals surface area contributed by atoms with E-state index in [-0.39, 0.29) is 23.8 Å². The summed E-state index contributed by atoms with van der Waals surface area (Å²) >= 11 is 0. The van der Waals surface area contributed by atoms with Crippen molar-refractivity contribution in [2.75, 3.05) is 6.54 Å². The van der Waals surface area contributed by atoms with E-state index < -0.39 is 4.92 Å². The van der Waals surface area contributed by atoms with Crippen molar-refractivity contribution in [3.05, 3.63) is 39.9 Å². The Morgan fingerprint density at radius 2 is 2.00 bits per heavy atom. The number of carbonyl (C=O) groups is 1. The number of benzene rings is 1. The van der Waals surface area contributed by atoms with Crippen molar-refractivity contribution in [3.8, 4) is 0 Å². The lowest BCUT2D eigenvalue weighted by Crippen LogP contribution is -2.32. The normalized spacial score (nSPS) is 26.1. The van der Waals surface area contributed by atoms with Gasteiger partial charge in [-0.1, -0.05) is 0 Å². The van der Waals surface area contributed by atoms with Gasteiger partial charge in [0.25, 0.3) is 5.69 Å². The maximum atomic E-state index is 12.2. The molecule has 2 unspecified atom stereocenters. The highest BCUT2D eigenvalue weighted by Gasteiger charge is 2.39. The van der Waals surface area contributed by atoms with Gasteiger partial charge in [0, 0.05) is 18.7 Å². The van der Waals surface area contributed by atoms with E-state index in [1.54, 1.807) is 12.1 Å². The van der Waals surface area contributed by atoms with Crippen molar-refractivity contribution >= 4 is 11.6 Å². The van der Waals surface area contributed by atoms with Gasteiger partial charge < -0.3 is 4.90 Å². The molecule has 1 saturated carbocycles. The largest absolute Gasteiger partial charge is 0.321 e. The predicted molar refractivity (Wildman–Crippen MR) is 72.9 cm³/mol. The van der Waals surface area contributed by atoms with Gasteiger partial charge in [-0.05, 0) is 43.4 Å². The lowest BCUT2D eigenvalue weighted by molar-refractivity contribution is -0.384. The highest BCUT2D eigenvalue weighted by atomic mass is 16.6. The van der Waals surface area contributed by atoms with Crippen LogP contribution in [-0.4, -0.2) is 28.3 Å². The highest BCUT2D eigenvalue weighted by molar-refractivity contribution is 5.84. The second-order valence-corrected chi connectivity index (χ2v) is 5.57. The topological polar surface area (TPSA) is 75.5 Å². The van der Waals surface area contributed by atoms with Crippen LogP contribution in [0.3, 0.4) is 0 Å². The Morgan fingerprint density at radius 1 is 1.35 bits per heavy atom. The number of amides is 1. The lowest BCUT2D eigenvalue weighted by Gasteiger charge is -2.24.